The monoisotopic (exact) mass is 476 g/mol. The van der Waals surface area contributed by atoms with E-state index >= 15 is 0 Å². The molecule has 2 heterocycles. The zero-order valence-corrected chi connectivity index (χ0v) is 18.4. The third-order valence-electron chi connectivity index (χ3n) is 4.63. The van der Waals surface area contributed by atoms with E-state index < -0.39 is 21.9 Å². The van der Waals surface area contributed by atoms with Crippen molar-refractivity contribution >= 4 is 26.6 Å². The van der Waals surface area contributed by atoms with Gasteiger partial charge in [0.05, 0.1) is 16.7 Å². The molecule has 0 radical (unpaired) electrons. The number of pyridine rings is 1. The molecule has 0 atom stereocenters. The Labute approximate surface area is 187 Å². The number of fused-ring (bicyclic) bond motifs is 1. The second kappa shape index (κ2) is 8.39. The van der Waals surface area contributed by atoms with Crippen molar-refractivity contribution in [1.82, 2.24) is 14.8 Å². The molecule has 0 aliphatic heterocycles. The van der Waals surface area contributed by atoms with Crippen LogP contribution in [0.3, 0.4) is 0 Å². The van der Waals surface area contributed by atoms with Crippen LogP contribution in [-0.2, 0) is 16.2 Å². The van der Waals surface area contributed by atoms with Crippen molar-refractivity contribution in [3.8, 4) is 11.4 Å². The van der Waals surface area contributed by atoms with Crippen LogP contribution in [0.15, 0.2) is 71.9 Å². The van der Waals surface area contributed by atoms with E-state index in [1.54, 1.807) is 30.5 Å². The number of benzene rings is 2. The van der Waals surface area contributed by atoms with Crippen molar-refractivity contribution in [2.45, 2.75) is 31.0 Å². The van der Waals surface area contributed by atoms with Gasteiger partial charge in [0.1, 0.15) is 11.6 Å². The third kappa shape index (κ3) is 4.77. The summed E-state index contributed by atoms with van der Waals surface area (Å²) in [6.45, 7) is 3.66. The Balaban J connectivity index is 1.78. The number of sulfonamides is 1. The molecule has 0 fully saturated rings. The minimum atomic E-state index is -4.77. The fraction of sp³-hybridized carbons (Fsp3) is 0.182. The summed E-state index contributed by atoms with van der Waals surface area (Å²) < 4.78 is 74.9. The molecular weight excluding hydrogens is 457 g/mol. The second-order valence-electron chi connectivity index (χ2n) is 7.44. The van der Waals surface area contributed by atoms with Crippen molar-refractivity contribution < 1.29 is 26.3 Å². The van der Waals surface area contributed by atoms with Gasteiger partial charge < -0.3 is 4.74 Å². The van der Waals surface area contributed by atoms with Crippen LogP contribution in [0.1, 0.15) is 19.5 Å². The summed E-state index contributed by atoms with van der Waals surface area (Å²) in [5.41, 5.74) is -0.962. The van der Waals surface area contributed by atoms with Gasteiger partial charge in [0.2, 0.25) is 0 Å². The van der Waals surface area contributed by atoms with Gasteiger partial charge in [-0.3, -0.25) is 9.71 Å². The van der Waals surface area contributed by atoms with E-state index in [2.05, 4.69) is 14.8 Å². The van der Waals surface area contributed by atoms with Gasteiger partial charge in [-0.15, -0.1) is 0 Å². The number of hydrogen-bond donors (Lipinski definition) is 1. The topological polar surface area (TPSA) is 86.1 Å². The highest BCUT2D eigenvalue weighted by Gasteiger charge is 2.36. The molecule has 0 aliphatic carbocycles. The molecule has 4 aromatic rings. The molecule has 4 rings (SSSR count). The van der Waals surface area contributed by atoms with Crippen LogP contribution in [0.5, 0.6) is 5.75 Å². The number of alkyl halides is 3. The molecule has 0 amide bonds. The molecule has 0 saturated heterocycles. The Morgan fingerprint density at radius 2 is 1.79 bits per heavy atom. The summed E-state index contributed by atoms with van der Waals surface area (Å²) in [6, 6.07) is 12.8. The first-order chi connectivity index (χ1) is 15.5. The quantitative estimate of drug-likeness (QED) is 0.422. The minimum absolute atomic E-state index is 0.100. The van der Waals surface area contributed by atoms with Crippen molar-refractivity contribution in [2.24, 2.45) is 0 Å². The average Bonchev–Trinajstić information content (AvgIpc) is 3.16. The molecule has 1 N–H and O–H groups in total. The van der Waals surface area contributed by atoms with Gasteiger partial charge in [-0.2, -0.15) is 18.3 Å². The van der Waals surface area contributed by atoms with E-state index in [9.17, 15) is 21.6 Å². The lowest BCUT2D eigenvalue weighted by Crippen LogP contribution is -2.16. The number of ether oxygens (including phenoxy) is 1. The van der Waals surface area contributed by atoms with E-state index in [0.717, 1.165) is 4.68 Å². The minimum Gasteiger partial charge on any atom is -0.491 e. The van der Waals surface area contributed by atoms with Gasteiger partial charge in [-0.1, -0.05) is 12.1 Å². The Morgan fingerprint density at radius 1 is 1.06 bits per heavy atom. The van der Waals surface area contributed by atoms with Crippen LogP contribution >= 0.6 is 0 Å². The fourth-order valence-corrected chi connectivity index (χ4v) is 4.27. The van der Waals surface area contributed by atoms with Crippen LogP contribution < -0.4 is 9.46 Å². The molecule has 7 nitrogen and oxygen atoms in total. The van der Waals surface area contributed by atoms with E-state index in [0.29, 0.717) is 22.6 Å². The Hall–Kier alpha value is -3.60. The number of aromatic nitrogens is 3. The summed E-state index contributed by atoms with van der Waals surface area (Å²) in [7, 11) is -4.22. The number of rotatable bonds is 6. The van der Waals surface area contributed by atoms with Gasteiger partial charge in [0.15, 0.2) is 5.69 Å². The Morgan fingerprint density at radius 3 is 2.45 bits per heavy atom. The highest BCUT2D eigenvalue weighted by Crippen LogP contribution is 2.33. The zero-order chi connectivity index (χ0) is 23.8. The maximum absolute atomic E-state index is 13.4. The smallest absolute Gasteiger partial charge is 0.435 e. The van der Waals surface area contributed by atoms with Crippen LogP contribution in [0.25, 0.3) is 16.5 Å². The molecule has 172 valence electrons. The molecule has 2 aromatic heterocycles. The molecule has 0 aliphatic rings. The summed E-state index contributed by atoms with van der Waals surface area (Å²) in [5, 5.41) is 4.87. The molecule has 0 spiro atoms. The van der Waals surface area contributed by atoms with Crippen LogP contribution in [0, 0.1) is 0 Å². The van der Waals surface area contributed by atoms with Crippen LogP contribution in [-0.4, -0.2) is 29.3 Å². The van der Waals surface area contributed by atoms with E-state index in [1.807, 2.05) is 13.8 Å². The molecule has 2 aromatic carbocycles. The maximum atomic E-state index is 13.4. The van der Waals surface area contributed by atoms with Crippen molar-refractivity contribution in [2.75, 3.05) is 4.72 Å². The molecular formula is C22H19F3N4O3S. The third-order valence-corrected chi connectivity index (χ3v) is 6.00. The molecule has 0 unspecified atom stereocenters. The molecule has 0 saturated carbocycles. The van der Waals surface area contributed by atoms with Crippen molar-refractivity contribution in [3.05, 3.63) is 72.7 Å². The first-order valence-corrected chi connectivity index (χ1v) is 11.3. The number of nitrogens with zero attached hydrogens (tertiary/aromatic N) is 3. The van der Waals surface area contributed by atoms with Gasteiger partial charge in [-0.05, 0) is 50.2 Å². The largest absolute Gasteiger partial charge is 0.491 e. The highest BCUT2D eigenvalue weighted by molar-refractivity contribution is 7.92. The number of halogens is 3. The van der Waals surface area contributed by atoms with E-state index in [4.69, 9.17) is 4.74 Å². The molecule has 0 bridgehead atoms. The molecule has 33 heavy (non-hydrogen) atoms. The fourth-order valence-electron chi connectivity index (χ4n) is 3.23. The Bertz CT molecular complexity index is 1390. The summed E-state index contributed by atoms with van der Waals surface area (Å²) in [4.78, 5) is 3.87. The van der Waals surface area contributed by atoms with Crippen LogP contribution in [0.2, 0.25) is 0 Å². The van der Waals surface area contributed by atoms with E-state index in [-0.39, 0.29) is 22.5 Å². The first-order valence-electron chi connectivity index (χ1n) is 9.84. The zero-order valence-electron chi connectivity index (χ0n) is 17.5. The van der Waals surface area contributed by atoms with E-state index in [1.165, 1.54) is 30.5 Å². The Kier molecular flexibility index (Phi) is 5.75. The summed E-state index contributed by atoms with van der Waals surface area (Å²) >= 11 is 0. The lowest BCUT2D eigenvalue weighted by molar-refractivity contribution is -0.141. The lowest BCUT2D eigenvalue weighted by Gasteiger charge is -2.13. The first kappa shape index (κ1) is 22.6. The second-order valence-corrected chi connectivity index (χ2v) is 9.12. The van der Waals surface area contributed by atoms with Crippen LogP contribution in [0.4, 0.5) is 19.0 Å². The predicted octanol–water partition coefficient (Wildman–Crippen LogP) is 5.03. The van der Waals surface area contributed by atoms with Crippen molar-refractivity contribution in [3.63, 3.8) is 0 Å². The van der Waals surface area contributed by atoms with Crippen molar-refractivity contribution in [1.29, 1.82) is 0 Å². The number of nitrogens with one attached hydrogen (secondary N) is 1. The lowest BCUT2D eigenvalue weighted by atomic mass is 10.1. The van der Waals surface area contributed by atoms with Gasteiger partial charge in [-0.25, -0.2) is 13.1 Å². The normalized spacial score (nSPS) is 12.3. The maximum Gasteiger partial charge on any atom is 0.435 e. The number of anilines is 1. The summed E-state index contributed by atoms with van der Waals surface area (Å²) in [5.74, 6) is 0.117. The number of hydrogen-bond acceptors (Lipinski definition) is 5. The van der Waals surface area contributed by atoms with Gasteiger partial charge >= 0.3 is 6.18 Å². The summed E-state index contributed by atoms with van der Waals surface area (Å²) in [6.07, 6.45) is -1.83. The standard InChI is InChI=1S/C22H19F3N4O3S/c1-14(2)32-16-6-8-17(9-7-16)33(30,31)28-21-12-20(22(23,24)25)27-29(21)19-5-3-4-15-13-26-11-10-18(15)19/h3-14,28H,1-2H3. The highest BCUT2D eigenvalue weighted by atomic mass is 32.2. The van der Waals surface area contributed by atoms with Gasteiger partial charge in [0.25, 0.3) is 10.0 Å². The molecule has 11 heteroatoms. The average molecular weight is 476 g/mol. The predicted molar refractivity (Wildman–Crippen MR) is 117 cm³/mol. The van der Waals surface area contributed by atoms with Gasteiger partial charge in [0, 0.05) is 29.2 Å². The SMILES string of the molecule is CC(C)Oc1ccc(S(=O)(=O)Nc2cc(C(F)(F)F)nn2-c2cccc3cnccc23)cc1.